The molecule has 0 amide bonds. The van der Waals surface area contributed by atoms with Crippen LogP contribution >= 0.6 is 15.9 Å². The van der Waals surface area contributed by atoms with Crippen molar-refractivity contribution in [2.45, 2.75) is 33.4 Å². The van der Waals surface area contributed by atoms with E-state index >= 15 is 0 Å². The molecule has 1 aromatic rings. The lowest BCUT2D eigenvalue weighted by Gasteiger charge is -2.19. The van der Waals surface area contributed by atoms with E-state index in [1.165, 1.54) is 6.07 Å². The van der Waals surface area contributed by atoms with Crippen LogP contribution in [0.4, 0.5) is 4.39 Å². The molecular weight excluding hydrogens is 269 g/mol. The van der Waals surface area contributed by atoms with Crippen LogP contribution in [0.25, 0.3) is 0 Å². The quantitative estimate of drug-likeness (QED) is 0.816. The molecule has 2 unspecified atom stereocenters. The van der Waals surface area contributed by atoms with Crippen molar-refractivity contribution >= 4 is 15.9 Å². The Morgan fingerprint density at radius 1 is 1.38 bits per heavy atom. The SMILES string of the molecule is Cc1cc(F)ccc1CNC(C)C(C)CBr. The van der Waals surface area contributed by atoms with Crippen LogP contribution in [0, 0.1) is 18.7 Å². The Morgan fingerprint density at radius 3 is 2.62 bits per heavy atom. The molecule has 1 N–H and O–H groups in total. The van der Waals surface area contributed by atoms with Crippen LogP contribution in [-0.2, 0) is 6.54 Å². The Labute approximate surface area is 106 Å². The summed E-state index contributed by atoms with van der Waals surface area (Å²) in [5.41, 5.74) is 2.17. The molecule has 0 aliphatic rings. The van der Waals surface area contributed by atoms with Gasteiger partial charge in [-0.15, -0.1) is 0 Å². The topological polar surface area (TPSA) is 12.0 Å². The maximum absolute atomic E-state index is 12.9. The zero-order chi connectivity index (χ0) is 12.1. The fourth-order valence-electron chi connectivity index (χ4n) is 1.46. The zero-order valence-electron chi connectivity index (χ0n) is 10.1. The fraction of sp³-hybridized carbons (Fsp3) is 0.538. The summed E-state index contributed by atoms with van der Waals surface area (Å²) in [6, 6.07) is 5.39. The van der Waals surface area contributed by atoms with Crippen LogP contribution in [0.3, 0.4) is 0 Å². The van der Waals surface area contributed by atoms with Crippen LogP contribution < -0.4 is 5.32 Å². The monoisotopic (exact) mass is 287 g/mol. The van der Waals surface area contributed by atoms with Gasteiger partial charge in [0.1, 0.15) is 5.82 Å². The van der Waals surface area contributed by atoms with Crippen molar-refractivity contribution in [2.24, 2.45) is 5.92 Å². The molecule has 0 spiro atoms. The second-order valence-corrected chi connectivity index (χ2v) is 5.02. The summed E-state index contributed by atoms with van der Waals surface area (Å²) in [6.45, 7) is 7.11. The van der Waals surface area contributed by atoms with Gasteiger partial charge >= 0.3 is 0 Å². The number of nitrogens with one attached hydrogen (secondary N) is 1. The van der Waals surface area contributed by atoms with Crippen molar-refractivity contribution in [3.8, 4) is 0 Å². The highest BCUT2D eigenvalue weighted by atomic mass is 79.9. The average molecular weight is 288 g/mol. The Kier molecular flexibility index (Phi) is 5.42. The second-order valence-electron chi connectivity index (χ2n) is 4.37. The van der Waals surface area contributed by atoms with Crippen molar-refractivity contribution in [3.63, 3.8) is 0 Å². The molecule has 1 nitrogen and oxygen atoms in total. The molecule has 0 saturated heterocycles. The minimum Gasteiger partial charge on any atom is -0.310 e. The van der Waals surface area contributed by atoms with Crippen molar-refractivity contribution in [1.29, 1.82) is 0 Å². The van der Waals surface area contributed by atoms with Gasteiger partial charge in [0.05, 0.1) is 0 Å². The van der Waals surface area contributed by atoms with Gasteiger partial charge < -0.3 is 5.32 Å². The number of hydrogen-bond acceptors (Lipinski definition) is 1. The highest BCUT2D eigenvalue weighted by molar-refractivity contribution is 9.09. The van der Waals surface area contributed by atoms with E-state index in [4.69, 9.17) is 0 Å². The van der Waals surface area contributed by atoms with Gasteiger partial charge in [0, 0.05) is 17.9 Å². The third kappa shape index (κ3) is 3.87. The van der Waals surface area contributed by atoms with Crippen LogP contribution in [-0.4, -0.2) is 11.4 Å². The molecule has 0 bridgehead atoms. The van der Waals surface area contributed by atoms with E-state index in [1.54, 1.807) is 6.07 Å². The van der Waals surface area contributed by atoms with Crippen molar-refractivity contribution in [1.82, 2.24) is 5.32 Å². The molecule has 90 valence electrons. The van der Waals surface area contributed by atoms with Crippen LogP contribution in [0.1, 0.15) is 25.0 Å². The molecule has 0 heterocycles. The van der Waals surface area contributed by atoms with Gasteiger partial charge in [-0.2, -0.15) is 0 Å². The Morgan fingerprint density at radius 2 is 2.06 bits per heavy atom. The first-order chi connectivity index (χ1) is 7.54. The number of hydrogen-bond donors (Lipinski definition) is 1. The number of rotatable bonds is 5. The van der Waals surface area contributed by atoms with E-state index in [-0.39, 0.29) is 5.82 Å². The van der Waals surface area contributed by atoms with Gasteiger partial charge in [0.15, 0.2) is 0 Å². The highest BCUT2D eigenvalue weighted by Crippen LogP contribution is 2.11. The van der Waals surface area contributed by atoms with Crippen molar-refractivity contribution in [3.05, 3.63) is 35.1 Å². The van der Waals surface area contributed by atoms with Gasteiger partial charge in [-0.1, -0.05) is 28.9 Å². The van der Waals surface area contributed by atoms with Crippen molar-refractivity contribution in [2.75, 3.05) is 5.33 Å². The van der Waals surface area contributed by atoms with Crippen LogP contribution in [0.5, 0.6) is 0 Å². The standard InChI is InChI=1S/C13H19BrFN/c1-9-6-13(15)5-4-12(9)8-16-11(3)10(2)7-14/h4-6,10-11,16H,7-8H2,1-3H3. The smallest absolute Gasteiger partial charge is 0.123 e. The van der Waals surface area contributed by atoms with E-state index in [9.17, 15) is 4.39 Å². The summed E-state index contributed by atoms with van der Waals surface area (Å²) < 4.78 is 12.9. The summed E-state index contributed by atoms with van der Waals surface area (Å²) in [4.78, 5) is 0. The maximum atomic E-state index is 12.9. The minimum absolute atomic E-state index is 0.164. The average Bonchev–Trinajstić information content (AvgIpc) is 2.26. The minimum atomic E-state index is -0.164. The van der Waals surface area contributed by atoms with Gasteiger partial charge in [-0.25, -0.2) is 4.39 Å². The Bertz CT molecular complexity index is 341. The second kappa shape index (κ2) is 6.36. The predicted octanol–water partition coefficient (Wildman–Crippen LogP) is 3.64. The molecule has 2 atom stereocenters. The van der Waals surface area contributed by atoms with E-state index in [0.717, 1.165) is 23.0 Å². The molecule has 3 heteroatoms. The summed E-state index contributed by atoms with van der Waals surface area (Å²) in [5.74, 6) is 0.420. The summed E-state index contributed by atoms with van der Waals surface area (Å²) in [6.07, 6.45) is 0. The first-order valence-electron chi connectivity index (χ1n) is 5.59. The van der Waals surface area contributed by atoms with Crippen molar-refractivity contribution < 1.29 is 4.39 Å². The molecule has 0 aliphatic heterocycles. The van der Waals surface area contributed by atoms with Gasteiger partial charge in [-0.05, 0) is 43.0 Å². The van der Waals surface area contributed by atoms with Gasteiger partial charge in [-0.3, -0.25) is 0 Å². The molecule has 0 aliphatic carbocycles. The molecule has 0 fully saturated rings. The Balaban J connectivity index is 2.54. The lowest BCUT2D eigenvalue weighted by atomic mass is 10.0. The third-order valence-electron chi connectivity index (χ3n) is 3.02. The molecule has 1 aromatic carbocycles. The summed E-state index contributed by atoms with van der Waals surface area (Å²) in [5, 5.41) is 4.45. The van der Waals surface area contributed by atoms with E-state index < -0.39 is 0 Å². The van der Waals surface area contributed by atoms with Crippen LogP contribution in [0.15, 0.2) is 18.2 Å². The number of benzene rings is 1. The maximum Gasteiger partial charge on any atom is 0.123 e. The molecular formula is C13H19BrFN. The first-order valence-corrected chi connectivity index (χ1v) is 6.71. The number of alkyl halides is 1. The normalized spacial score (nSPS) is 14.8. The first kappa shape index (κ1) is 13.7. The van der Waals surface area contributed by atoms with E-state index in [2.05, 4.69) is 35.1 Å². The largest absolute Gasteiger partial charge is 0.310 e. The van der Waals surface area contributed by atoms with Crippen LogP contribution in [0.2, 0.25) is 0 Å². The molecule has 0 aromatic heterocycles. The predicted molar refractivity (Wildman–Crippen MR) is 70.4 cm³/mol. The molecule has 16 heavy (non-hydrogen) atoms. The fourth-order valence-corrected chi connectivity index (χ4v) is 2.02. The van der Waals surface area contributed by atoms with Gasteiger partial charge in [0.2, 0.25) is 0 Å². The van der Waals surface area contributed by atoms with Gasteiger partial charge in [0.25, 0.3) is 0 Å². The van der Waals surface area contributed by atoms with E-state index in [1.807, 2.05) is 13.0 Å². The number of halogens is 2. The summed E-state index contributed by atoms with van der Waals surface area (Å²) >= 11 is 3.48. The number of aryl methyl sites for hydroxylation is 1. The zero-order valence-corrected chi connectivity index (χ0v) is 11.6. The highest BCUT2D eigenvalue weighted by Gasteiger charge is 2.10. The lowest BCUT2D eigenvalue weighted by molar-refractivity contribution is 0.433. The Hall–Kier alpha value is -0.410. The molecule has 1 rings (SSSR count). The molecule has 0 saturated carbocycles. The lowest BCUT2D eigenvalue weighted by Crippen LogP contribution is -2.32. The van der Waals surface area contributed by atoms with E-state index in [0.29, 0.717) is 12.0 Å². The third-order valence-corrected chi connectivity index (χ3v) is 4.04. The molecule has 0 radical (unpaired) electrons. The summed E-state index contributed by atoms with van der Waals surface area (Å²) in [7, 11) is 0.